The number of carbonyl (C=O) groups excluding carboxylic acids is 1. The van der Waals surface area contributed by atoms with E-state index in [9.17, 15) is 4.79 Å². The molecule has 1 aromatic rings. The predicted molar refractivity (Wildman–Crippen MR) is 79.0 cm³/mol. The van der Waals surface area contributed by atoms with Gasteiger partial charge in [0.25, 0.3) is 0 Å². The van der Waals surface area contributed by atoms with Gasteiger partial charge in [0.15, 0.2) is 0 Å². The first-order valence-electron chi connectivity index (χ1n) is 6.44. The van der Waals surface area contributed by atoms with Gasteiger partial charge in [-0.25, -0.2) is 0 Å². The number of nitrogens with zero attached hydrogens (tertiary/aromatic N) is 1. The maximum absolute atomic E-state index is 11.4. The Kier molecular flexibility index (Phi) is 4.68. The van der Waals surface area contributed by atoms with Gasteiger partial charge in [-0.3, -0.25) is 9.78 Å². The molecule has 4 N–H and O–H groups in total. The van der Waals surface area contributed by atoms with Crippen molar-refractivity contribution in [2.24, 2.45) is 5.73 Å². The number of pyridine rings is 1. The SMILES string of the molecule is NC(=S)c1ccc(NCCCC(=O)NC2CC2)cn1. The fourth-order valence-corrected chi connectivity index (χ4v) is 1.77. The maximum atomic E-state index is 11.4. The van der Waals surface area contributed by atoms with Crippen LogP contribution >= 0.6 is 12.2 Å². The van der Waals surface area contributed by atoms with E-state index < -0.39 is 0 Å². The van der Waals surface area contributed by atoms with Crippen molar-refractivity contribution in [3.8, 4) is 0 Å². The van der Waals surface area contributed by atoms with Gasteiger partial charge in [-0.15, -0.1) is 0 Å². The van der Waals surface area contributed by atoms with Crippen LogP contribution in [0.5, 0.6) is 0 Å². The van der Waals surface area contributed by atoms with E-state index in [0.29, 0.717) is 23.1 Å². The van der Waals surface area contributed by atoms with Gasteiger partial charge in [0.1, 0.15) is 4.99 Å². The molecule has 0 atom stereocenters. The minimum Gasteiger partial charge on any atom is -0.388 e. The van der Waals surface area contributed by atoms with Gasteiger partial charge in [0, 0.05) is 19.0 Å². The molecule has 1 aromatic heterocycles. The third kappa shape index (κ3) is 4.82. The molecule has 1 fully saturated rings. The lowest BCUT2D eigenvalue weighted by Gasteiger charge is -2.07. The highest BCUT2D eigenvalue weighted by molar-refractivity contribution is 7.80. The summed E-state index contributed by atoms with van der Waals surface area (Å²) >= 11 is 4.83. The first kappa shape index (κ1) is 13.7. The Hall–Kier alpha value is -1.69. The zero-order valence-electron chi connectivity index (χ0n) is 10.7. The van der Waals surface area contributed by atoms with E-state index in [1.54, 1.807) is 12.3 Å². The van der Waals surface area contributed by atoms with Crippen LogP contribution in [-0.2, 0) is 4.79 Å². The lowest BCUT2D eigenvalue weighted by Crippen LogP contribution is -2.25. The second-order valence-corrected chi connectivity index (χ2v) is 5.11. The zero-order chi connectivity index (χ0) is 13.7. The standard InChI is InChI=1S/C13H18N4OS/c14-13(19)11-6-5-10(8-16-11)15-7-1-2-12(18)17-9-3-4-9/h5-6,8-9,15H,1-4,7H2,(H2,14,19)(H,17,18). The summed E-state index contributed by atoms with van der Waals surface area (Å²) in [5, 5.41) is 6.17. The summed E-state index contributed by atoms with van der Waals surface area (Å²) < 4.78 is 0. The molecule has 1 aliphatic carbocycles. The quantitative estimate of drug-likeness (QED) is 0.515. The Labute approximate surface area is 118 Å². The highest BCUT2D eigenvalue weighted by Gasteiger charge is 2.22. The molecule has 102 valence electrons. The summed E-state index contributed by atoms with van der Waals surface area (Å²) in [7, 11) is 0. The van der Waals surface area contributed by atoms with Crippen molar-refractivity contribution in [2.75, 3.05) is 11.9 Å². The lowest BCUT2D eigenvalue weighted by atomic mass is 10.2. The van der Waals surface area contributed by atoms with Crippen molar-refractivity contribution in [3.05, 3.63) is 24.0 Å². The number of rotatable bonds is 7. The zero-order valence-corrected chi connectivity index (χ0v) is 11.5. The molecule has 19 heavy (non-hydrogen) atoms. The molecule has 0 saturated heterocycles. The number of nitrogens with two attached hydrogens (primary N) is 1. The smallest absolute Gasteiger partial charge is 0.220 e. The second kappa shape index (κ2) is 6.47. The molecule has 0 aromatic carbocycles. The fourth-order valence-electron chi connectivity index (χ4n) is 1.65. The molecule has 0 radical (unpaired) electrons. The Morgan fingerprint density at radius 2 is 2.26 bits per heavy atom. The van der Waals surface area contributed by atoms with Crippen molar-refractivity contribution in [1.82, 2.24) is 10.3 Å². The van der Waals surface area contributed by atoms with Gasteiger partial charge < -0.3 is 16.4 Å². The molecule has 5 nitrogen and oxygen atoms in total. The van der Waals surface area contributed by atoms with E-state index >= 15 is 0 Å². The van der Waals surface area contributed by atoms with Gasteiger partial charge in [-0.2, -0.15) is 0 Å². The molecule has 0 bridgehead atoms. The summed E-state index contributed by atoms with van der Waals surface area (Å²) in [6.45, 7) is 0.742. The monoisotopic (exact) mass is 278 g/mol. The molecule has 1 heterocycles. The molecule has 0 spiro atoms. The summed E-state index contributed by atoms with van der Waals surface area (Å²) in [6.07, 6.45) is 5.31. The predicted octanol–water partition coefficient (Wildman–Crippen LogP) is 1.19. The maximum Gasteiger partial charge on any atom is 0.220 e. The van der Waals surface area contributed by atoms with E-state index in [0.717, 1.165) is 31.5 Å². The summed E-state index contributed by atoms with van der Waals surface area (Å²) in [5.74, 6) is 0.145. The minimum atomic E-state index is 0.145. The number of carbonyl (C=O) groups is 1. The van der Waals surface area contributed by atoms with Crippen LogP contribution in [0.25, 0.3) is 0 Å². The van der Waals surface area contributed by atoms with Crippen LogP contribution in [0, 0.1) is 0 Å². The Morgan fingerprint density at radius 3 is 2.84 bits per heavy atom. The normalized spacial score (nSPS) is 13.9. The molecule has 1 amide bonds. The van der Waals surface area contributed by atoms with Crippen LogP contribution in [0.2, 0.25) is 0 Å². The van der Waals surface area contributed by atoms with Gasteiger partial charge in [-0.1, -0.05) is 12.2 Å². The van der Waals surface area contributed by atoms with Crippen molar-refractivity contribution in [1.29, 1.82) is 0 Å². The fraction of sp³-hybridized carbons (Fsp3) is 0.462. The van der Waals surface area contributed by atoms with E-state index in [-0.39, 0.29) is 5.91 Å². The molecular formula is C13H18N4OS. The number of hydrogen-bond donors (Lipinski definition) is 3. The number of hydrogen-bond acceptors (Lipinski definition) is 4. The molecule has 1 saturated carbocycles. The van der Waals surface area contributed by atoms with Crippen LogP contribution in [0.1, 0.15) is 31.4 Å². The topological polar surface area (TPSA) is 80.0 Å². The van der Waals surface area contributed by atoms with Crippen LogP contribution in [0.3, 0.4) is 0 Å². The number of aromatic nitrogens is 1. The first-order valence-corrected chi connectivity index (χ1v) is 6.85. The Bertz CT molecular complexity index is 456. The van der Waals surface area contributed by atoms with Gasteiger partial charge in [0.2, 0.25) is 5.91 Å². The number of thiocarbonyl (C=S) groups is 1. The van der Waals surface area contributed by atoms with Crippen LogP contribution in [0.15, 0.2) is 18.3 Å². The first-order chi connectivity index (χ1) is 9.15. The average Bonchev–Trinajstić information content (AvgIpc) is 3.19. The highest BCUT2D eigenvalue weighted by atomic mass is 32.1. The minimum absolute atomic E-state index is 0.145. The lowest BCUT2D eigenvalue weighted by molar-refractivity contribution is -0.121. The van der Waals surface area contributed by atoms with E-state index in [2.05, 4.69) is 15.6 Å². The summed E-state index contributed by atoms with van der Waals surface area (Å²) in [5.41, 5.74) is 6.99. The average molecular weight is 278 g/mol. The summed E-state index contributed by atoms with van der Waals surface area (Å²) in [6, 6.07) is 4.10. The number of amides is 1. The third-order valence-corrected chi connectivity index (χ3v) is 3.08. The van der Waals surface area contributed by atoms with Crippen LogP contribution in [-0.4, -0.2) is 28.5 Å². The molecule has 2 rings (SSSR count). The molecule has 6 heteroatoms. The number of nitrogens with one attached hydrogen (secondary N) is 2. The second-order valence-electron chi connectivity index (χ2n) is 4.67. The summed E-state index contributed by atoms with van der Waals surface area (Å²) in [4.78, 5) is 15.9. The molecule has 0 unspecified atom stereocenters. The van der Waals surface area contributed by atoms with Crippen LogP contribution in [0.4, 0.5) is 5.69 Å². The van der Waals surface area contributed by atoms with Crippen molar-refractivity contribution in [3.63, 3.8) is 0 Å². The third-order valence-electron chi connectivity index (χ3n) is 2.87. The van der Waals surface area contributed by atoms with Crippen molar-refractivity contribution in [2.45, 2.75) is 31.7 Å². The van der Waals surface area contributed by atoms with E-state index in [4.69, 9.17) is 18.0 Å². The number of anilines is 1. The molecule has 1 aliphatic rings. The van der Waals surface area contributed by atoms with Gasteiger partial charge >= 0.3 is 0 Å². The van der Waals surface area contributed by atoms with Gasteiger partial charge in [-0.05, 0) is 31.4 Å². The van der Waals surface area contributed by atoms with E-state index in [1.165, 1.54) is 0 Å². The molecular weight excluding hydrogens is 260 g/mol. The highest BCUT2D eigenvalue weighted by Crippen LogP contribution is 2.18. The largest absolute Gasteiger partial charge is 0.388 e. The van der Waals surface area contributed by atoms with Gasteiger partial charge in [0.05, 0.1) is 17.6 Å². The Morgan fingerprint density at radius 1 is 1.47 bits per heavy atom. The Balaban J connectivity index is 1.64. The molecule has 0 aliphatic heterocycles. The van der Waals surface area contributed by atoms with E-state index in [1.807, 2.05) is 6.07 Å². The van der Waals surface area contributed by atoms with Crippen molar-refractivity contribution >= 4 is 28.8 Å². The van der Waals surface area contributed by atoms with Crippen LogP contribution < -0.4 is 16.4 Å². The van der Waals surface area contributed by atoms with Crippen molar-refractivity contribution < 1.29 is 4.79 Å².